The summed E-state index contributed by atoms with van der Waals surface area (Å²) in [7, 11) is 0. The lowest BCUT2D eigenvalue weighted by Gasteiger charge is -2.11. The molecule has 0 unspecified atom stereocenters. The molecule has 5 aromatic carbocycles. The average Bonchev–Trinajstić information content (AvgIpc) is 3.46. The summed E-state index contributed by atoms with van der Waals surface area (Å²) in [6, 6.07) is 48.4. The van der Waals surface area contributed by atoms with Crippen LogP contribution in [0.4, 0.5) is 0 Å². The summed E-state index contributed by atoms with van der Waals surface area (Å²) in [5, 5.41) is 2.52. The van der Waals surface area contributed by atoms with Crippen molar-refractivity contribution in [3.63, 3.8) is 0 Å². The molecule has 43 heavy (non-hydrogen) atoms. The summed E-state index contributed by atoms with van der Waals surface area (Å²) in [5.41, 5.74) is 8.49. The monoisotopic (exact) mass is 563 g/mol. The zero-order valence-electron chi connectivity index (χ0n) is 26.1. The van der Waals surface area contributed by atoms with Crippen molar-refractivity contribution in [2.45, 2.75) is 41.5 Å². The van der Waals surface area contributed by atoms with Crippen molar-refractivity contribution in [2.75, 3.05) is 0 Å². The summed E-state index contributed by atoms with van der Waals surface area (Å²) in [6.07, 6.45) is 0. The largest absolute Gasteiger partial charge is 0.309 e. The molecule has 0 saturated heterocycles. The van der Waals surface area contributed by atoms with Crippen LogP contribution in [0.5, 0.6) is 0 Å². The van der Waals surface area contributed by atoms with E-state index in [-0.39, 0.29) is 0 Å². The van der Waals surface area contributed by atoms with Crippen LogP contribution in [0.25, 0.3) is 61.4 Å². The second-order valence-corrected chi connectivity index (χ2v) is 9.11. The van der Waals surface area contributed by atoms with E-state index in [1.807, 2.05) is 77.9 Å². The van der Waals surface area contributed by atoms with E-state index in [0.29, 0.717) is 0 Å². The van der Waals surface area contributed by atoms with Gasteiger partial charge in [0.25, 0.3) is 0 Å². The SMILES string of the molecule is CC.CC.CC.c1ccc(-c2cc(-c3ccc(-n4c5ccccc5c5ccccc54)cc3)nc(-c3ccccc3)n2)cc1. The Bertz CT molecular complexity index is 1740. The van der Waals surface area contributed by atoms with E-state index in [0.717, 1.165) is 39.6 Å². The summed E-state index contributed by atoms with van der Waals surface area (Å²) < 4.78 is 2.33. The van der Waals surface area contributed by atoms with Crippen molar-refractivity contribution in [3.8, 4) is 39.6 Å². The lowest BCUT2D eigenvalue weighted by molar-refractivity contribution is 1.17. The molecule has 216 valence electrons. The second-order valence-electron chi connectivity index (χ2n) is 9.11. The standard InChI is InChI=1S/C34H23N3.3C2H6/c1-3-11-24(12-4-1)30-23-31(36-34(35-30)26-13-5-2-6-14-26)25-19-21-27(22-20-25)37-32-17-9-7-15-28(32)29-16-8-10-18-33(29)37;3*1-2/h1-23H;3*1-2H3. The normalized spacial score (nSPS) is 10.1. The number of nitrogens with zero attached hydrogens (tertiary/aromatic N) is 3. The molecule has 0 radical (unpaired) electrons. The molecule has 0 aliphatic rings. The predicted molar refractivity (Wildman–Crippen MR) is 187 cm³/mol. The molecule has 7 aromatic rings. The first-order chi connectivity index (χ1) is 21.3. The molecule has 2 aromatic heterocycles. The van der Waals surface area contributed by atoms with Crippen LogP contribution in [0.2, 0.25) is 0 Å². The van der Waals surface area contributed by atoms with Gasteiger partial charge in [0.15, 0.2) is 5.82 Å². The van der Waals surface area contributed by atoms with Gasteiger partial charge in [-0.2, -0.15) is 0 Å². The maximum absolute atomic E-state index is 4.97. The molecule has 2 heterocycles. The Labute approximate surface area is 256 Å². The minimum absolute atomic E-state index is 0.725. The fourth-order valence-electron chi connectivity index (χ4n) is 5.05. The topological polar surface area (TPSA) is 30.7 Å². The van der Waals surface area contributed by atoms with Crippen LogP contribution in [-0.4, -0.2) is 14.5 Å². The summed E-state index contributed by atoms with van der Waals surface area (Å²) in [5.74, 6) is 0.725. The van der Waals surface area contributed by atoms with Gasteiger partial charge in [0.1, 0.15) is 0 Å². The van der Waals surface area contributed by atoms with Crippen LogP contribution in [0.15, 0.2) is 140 Å². The third-order valence-corrected chi connectivity index (χ3v) is 6.83. The van der Waals surface area contributed by atoms with E-state index in [2.05, 4.69) is 108 Å². The van der Waals surface area contributed by atoms with Crippen molar-refractivity contribution in [1.29, 1.82) is 0 Å². The number of fused-ring (bicyclic) bond motifs is 3. The van der Waals surface area contributed by atoms with E-state index >= 15 is 0 Å². The molecule has 7 rings (SSSR count). The van der Waals surface area contributed by atoms with Gasteiger partial charge in [-0.3, -0.25) is 0 Å². The third kappa shape index (κ3) is 6.57. The number of benzene rings is 5. The Balaban J connectivity index is 0.000000666. The minimum atomic E-state index is 0.725. The smallest absolute Gasteiger partial charge is 0.160 e. The van der Waals surface area contributed by atoms with Crippen molar-refractivity contribution in [3.05, 3.63) is 140 Å². The molecular weight excluding hydrogens is 522 g/mol. The zero-order chi connectivity index (χ0) is 30.6. The van der Waals surface area contributed by atoms with E-state index in [1.54, 1.807) is 0 Å². The van der Waals surface area contributed by atoms with E-state index < -0.39 is 0 Å². The van der Waals surface area contributed by atoms with Crippen molar-refractivity contribution in [1.82, 2.24) is 14.5 Å². The van der Waals surface area contributed by atoms with Crippen LogP contribution in [-0.2, 0) is 0 Å². The second kappa shape index (κ2) is 15.3. The van der Waals surface area contributed by atoms with Crippen LogP contribution in [0.1, 0.15) is 41.5 Å². The summed E-state index contributed by atoms with van der Waals surface area (Å²) >= 11 is 0. The summed E-state index contributed by atoms with van der Waals surface area (Å²) in [6.45, 7) is 12.0. The van der Waals surface area contributed by atoms with Gasteiger partial charge in [-0.15, -0.1) is 0 Å². The Hall–Kier alpha value is -5.02. The fraction of sp³-hybridized carbons (Fsp3) is 0.150. The molecule has 0 spiro atoms. The minimum Gasteiger partial charge on any atom is -0.309 e. The quantitative estimate of drug-likeness (QED) is 0.213. The zero-order valence-corrected chi connectivity index (χ0v) is 26.1. The summed E-state index contributed by atoms with van der Waals surface area (Å²) in [4.78, 5) is 9.88. The highest BCUT2D eigenvalue weighted by Crippen LogP contribution is 2.33. The predicted octanol–water partition coefficient (Wildman–Crippen LogP) is 11.7. The van der Waals surface area contributed by atoms with Crippen molar-refractivity contribution in [2.24, 2.45) is 0 Å². The van der Waals surface area contributed by atoms with Gasteiger partial charge in [0, 0.05) is 33.2 Å². The molecule has 0 aliphatic heterocycles. The van der Waals surface area contributed by atoms with E-state index in [1.165, 1.54) is 21.8 Å². The highest BCUT2D eigenvalue weighted by molar-refractivity contribution is 6.09. The van der Waals surface area contributed by atoms with Gasteiger partial charge in [0.2, 0.25) is 0 Å². The molecule has 3 heteroatoms. The molecule has 3 nitrogen and oxygen atoms in total. The third-order valence-electron chi connectivity index (χ3n) is 6.83. The lowest BCUT2D eigenvalue weighted by Crippen LogP contribution is -1.97. The molecule has 0 aliphatic carbocycles. The van der Waals surface area contributed by atoms with Crippen LogP contribution in [0.3, 0.4) is 0 Å². The van der Waals surface area contributed by atoms with E-state index in [4.69, 9.17) is 9.97 Å². The fourth-order valence-corrected chi connectivity index (χ4v) is 5.05. The Morgan fingerprint density at radius 2 is 0.791 bits per heavy atom. The van der Waals surface area contributed by atoms with Crippen LogP contribution >= 0.6 is 0 Å². The highest BCUT2D eigenvalue weighted by atomic mass is 15.0. The molecule has 0 N–H and O–H groups in total. The Morgan fingerprint density at radius 1 is 0.395 bits per heavy atom. The van der Waals surface area contributed by atoms with Crippen molar-refractivity contribution >= 4 is 21.8 Å². The molecule has 0 bridgehead atoms. The van der Waals surface area contributed by atoms with Crippen molar-refractivity contribution < 1.29 is 0 Å². The molecular formula is C40H41N3. The van der Waals surface area contributed by atoms with Gasteiger partial charge in [0.05, 0.1) is 22.4 Å². The van der Waals surface area contributed by atoms with Gasteiger partial charge in [-0.25, -0.2) is 9.97 Å². The first-order valence-corrected chi connectivity index (χ1v) is 15.4. The lowest BCUT2D eigenvalue weighted by atomic mass is 10.1. The van der Waals surface area contributed by atoms with Gasteiger partial charge in [-0.1, -0.05) is 151 Å². The Kier molecular flexibility index (Phi) is 11.0. The average molecular weight is 564 g/mol. The molecule has 0 saturated carbocycles. The molecule has 0 atom stereocenters. The number of aromatic nitrogens is 3. The van der Waals surface area contributed by atoms with E-state index in [9.17, 15) is 0 Å². The van der Waals surface area contributed by atoms with Gasteiger partial charge < -0.3 is 4.57 Å². The number of hydrogen-bond donors (Lipinski definition) is 0. The number of hydrogen-bond acceptors (Lipinski definition) is 2. The first kappa shape index (κ1) is 30.9. The number of para-hydroxylation sites is 2. The molecule has 0 fully saturated rings. The Morgan fingerprint density at radius 3 is 1.28 bits per heavy atom. The first-order valence-electron chi connectivity index (χ1n) is 15.4. The van der Waals surface area contributed by atoms with Gasteiger partial charge >= 0.3 is 0 Å². The molecule has 0 amide bonds. The van der Waals surface area contributed by atoms with Gasteiger partial charge in [-0.05, 0) is 30.3 Å². The van der Waals surface area contributed by atoms with Crippen LogP contribution < -0.4 is 0 Å². The number of rotatable bonds is 4. The highest BCUT2D eigenvalue weighted by Gasteiger charge is 2.13. The van der Waals surface area contributed by atoms with Crippen LogP contribution in [0, 0.1) is 0 Å². The maximum Gasteiger partial charge on any atom is 0.160 e. The maximum atomic E-state index is 4.97.